The highest BCUT2D eigenvalue weighted by Gasteiger charge is 2.36. The number of hydrogen-bond acceptors (Lipinski definition) is 8. The van der Waals surface area contributed by atoms with E-state index in [9.17, 15) is 16.8 Å². The molecule has 0 saturated carbocycles. The first kappa shape index (κ1) is 27.2. The number of nitrogen functional groups attached to an aromatic ring is 2. The maximum Gasteiger partial charge on any atom is 0.268 e. The van der Waals surface area contributed by atoms with Crippen LogP contribution in [0, 0.1) is 0 Å². The van der Waals surface area contributed by atoms with E-state index in [1.165, 1.54) is 38.7 Å². The molecule has 5 aromatic rings. The van der Waals surface area contributed by atoms with E-state index < -0.39 is 20.0 Å². The fourth-order valence-electron chi connectivity index (χ4n) is 5.13. The Hall–Kier alpha value is -3.97. The van der Waals surface area contributed by atoms with E-state index in [4.69, 9.17) is 23.1 Å². The van der Waals surface area contributed by atoms with Crippen molar-refractivity contribution in [3.63, 3.8) is 0 Å². The van der Waals surface area contributed by atoms with Gasteiger partial charge in [0.1, 0.15) is 0 Å². The van der Waals surface area contributed by atoms with Gasteiger partial charge in [-0.25, -0.2) is 30.8 Å². The lowest BCUT2D eigenvalue weighted by molar-refractivity contribution is 0.472. The van der Waals surface area contributed by atoms with Crippen molar-refractivity contribution in [3.8, 4) is 11.3 Å². The summed E-state index contributed by atoms with van der Waals surface area (Å²) in [5.41, 5.74) is 13.9. The maximum absolute atomic E-state index is 13.6. The van der Waals surface area contributed by atoms with E-state index in [2.05, 4.69) is 9.97 Å². The minimum absolute atomic E-state index is 0.0537. The topological polar surface area (TPSA) is 154 Å². The average molecular weight is 609 g/mol. The van der Waals surface area contributed by atoms with Crippen LogP contribution in [0.2, 0.25) is 5.02 Å². The van der Waals surface area contributed by atoms with Crippen LogP contribution in [0.1, 0.15) is 18.0 Å². The number of halogens is 1. The van der Waals surface area contributed by atoms with Gasteiger partial charge in [-0.05, 0) is 48.9 Å². The molecule has 13 heteroatoms. The van der Waals surface area contributed by atoms with Crippen molar-refractivity contribution >= 4 is 54.2 Å². The van der Waals surface area contributed by atoms with E-state index in [0.717, 1.165) is 0 Å². The first-order chi connectivity index (χ1) is 19.6. The van der Waals surface area contributed by atoms with Gasteiger partial charge in [-0.3, -0.25) is 0 Å². The van der Waals surface area contributed by atoms with Crippen LogP contribution in [0.25, 0.3) is 22.2 Å². The normalized spacial score (nSPS) is 16.4. The molecule has 0 radical (unpaired) electrons. The van der Waals surface area contributed by atoms with Gasteiger partial charge in [-0.2, -0.15) is 4.31 Å². The summed E-state index contributed by atoms with van der Waals surface area (Å²) < 4.78 is 56.3. The predicted molar refractivity (Wildman–Crippen MR) is 158 cm³/mol. The number of rotatable bonds is 6. The SMILES string of the molecule is Nc1ccc(S(=O)(=O)N2CC[C@@H](c3nc(N)nc(-c4cn(S(=O)(=O)c5ccccc5)c5ccccc45)c3Cl)C2)cc1. The van der Waals surface area contributed by atoms with E-state index >= 15 is 0 Å². The molecule has 1 fully saturated rings. The Morgan fingerprint density at radius 3 is 2.20 bits per heavy atom. The Morgan fingerprint density at radius 2 is 1.46 bits per heavy atom. The summed E-state index contributed by atoms with van der Waals surface area (Å²) in [4.78, 5) is 9.08. The first-order valence-corrected chi connectivity index (χ1v) is 15.9. The lowest BCUT2D eigenvalue weighted by Gasteiger charge is -2.18. The number of hydrogen-bond donors (Lipinski definition) is 2. The van der Waals surface area contributed by atoms with E-state index in [1.807, 2.05) is 0 Å². The van der Waals surface area contributed by atoms with Gasteiger partial charge in [0, 0.05) is 41.8 Å². The molecule has 2 aromatic heterocycles. The first-order valence-electron chi connectivity index (χ1n) is 12.7. The molecule has 0 aliphatic carbocycles. The zero-order valence-electron chi connectivity index (χ0n) is 21.6. The van der Waals surface area contributed by atoms with Crippen LogP contribution in [0.15, 0.2) is 94.9 Å². The Balaban J connectivity index is 1.41. The lowest BCUT2D eigenvalue weighted by Crippen LogP contribution is -2.28. The van der Waals surface area contributed by atoms with Gasteiger partial charge < -0.3 is 11.5 Å². The van der Waals surface area contributed by atoms with Gasteiger partial charge in [0.15, 0.2) is 0 Å². The van der Waals surface area contributed by atoms with Crippen LogP contribution < -0.4 is 11.5 Å². The second-order valence-corrected chi connectivity index (χ2v) is 13.9. The standard InChI is InChI=1S/C28H25ClN6O4S2/c29-25-26(18-14-15-34(16-18)40(36,37)21-12-10-19(30)11-13-21)32-28(31)33-27(25)23-17-35(24-9-5-4-8-22(23)24)41(38,39)20-6-2-1-3-7-20/h1-13,17-18H,14-16,30H2,(H2,31,32,33)/t18-/m1/s1. The number of para-hydroxylation sites is 1. The molecule has 1 saturated heterocycles. The van der Waals surface area contributed by atoms with Gasteiger partial charge in [0.2, 0.25) is 16.0 Å². The molecule has 10 nitrogen and oxygen atoms in total. The second-order valence-electron chi connectivity index (χ2n) is 9.72. The highest BCUT2D eigenvalue weighted by atomic mass is 35.5. The quantitative estimate of drug-likeness (QED) is 0.270. The van der Waals surface area contributed by atoms with Crippen molar-refractivity contribution in [1.82, 2.24) is 18.2 Å². The molecule has 41 heavy (non-hydrogen) atoms. The van der Waals surface area contributed by atoms with E-state index in [0.29, 0.717) is 34.3 Å². The highest BCUT2D eigenvalue weighted by Crippen LogP contribution is 2.41. The molecular formula is C28H25ClN6O4S2. The molecule has 0 bridgehead atoms. The summed E-state index contributed by atoms with van der Waals surface area (Å²) in [5.74, 6) is -0.404. The molecule has 3 heterocycles. The maximum atomic E-state index is 13.6. The molecule has 1 atom stereocenters. The number of fused-ring (bicyclic) bond motifs is 1. The second kappa shape index (κ2) is 10.1. The number of nitrogens with two attached hydrogens (primary N) is 2. The zero-order valence-corrected chi connectivity index (χ0v) is 23.9. The molecule has 0 unspecified atom stereocenters. The van der Waals surface area contributed by atoms with Gasteiger partial charge in [0.25, 0.3) is 10.0 Å². The minimum Gasteiger partial charge on any atom is -0.399 e. The van der Waals surface area contributed by atoms with Crippen molar-refractivity contribution in [2.75, 3.05) is 24.6 Å². The Bertz CT molecular complexity index is 2000. The molecule has 0 amide bonds. The summed E-state index contributed by atoms with van der Waals surface area (Å²) in [7, 11) is -7.70. The smallest absolute Gasteiger partial charge is 0.268 e. The third-order valence-electron chi connectivity index (χ3n) is 7.18. The Morgan fingerprint density at radius 1 is 0.805 bits per heavy atom. The van der Waals surface area contributed by atoms with Gasteiger partial charge in [-0.15, -0.1) is 0 Å². The lowest BCUT2D eigenvalue weighted by atomic mass is 10.0. The number of benzene rings is 3. The van der Waals surface area contributed by atoms with Crippen molar-refractivity contribution in [2.24, 2.45) is 0 Å². The van der Waals surface area contributed by atoms with Crippen LogP contribution in [-0.4, -0.2) is 48.2 Å². The van der Waals surface area contributed by atoms with Crippen LogP contribution in [0.5, 0.6) is 0 Å². The predicted octanol–water partition coefficient (Wildman–Crippen LogP) is 4.33. The third-order valence-corrected chi connectivity index (χ3v) is 11.1. The summed E-state index contributed by atoms with van der Waals surface area (Å²) in [6.45, 7) is 0.411. The molecule has 3 aromatic carbocycles. The van der Waals surface area contributed by atoms with Crippen molar-refractivity contribution < 1.29 is 16.8 Å². The van der Waals surface area contributed by atoms with Crippen molar-refractivity contribution in [3.05, 3.63) is 95.8 Å². The summed E-state index contributed by atoms with van der Waals surface area (Å²) in [5, 5.41) is 0.799. The Kier molecular flexibility index (Phi) is 6.73. The molecule has 1 aliphatic rings. The van der Waals surface area contributed by atoms with Gasteiger partial charge in [-0.1, -0.05) is 48.0 Å². The third kappa shape index (κ3) is 4.72. The molecule has 4 N–H and O–H groups in total. The number of anilines is 2. The molecule has 0 spiro atoms. The van der Waals surface area contributed by atoms with Gasteiger partial charge in [0.05, 0.1) is 31.7 Å². The van der Waals surface area contributed by atoms with Crippen LogP contribution in [0.4, 0.5) is 11.6 Å². The molecule has 1 aliphatic heterocycles. The van der Waals surface area contributed by atoms with Crippen LogP contribution >= 0.6 is 11.6 Å². The highest BCUT2D eigenvalue weighted by molar-refractivity contribution is 7.90. The number of aromatic nitrogens is 3. The largest absolute Gasteiger partial charge is 0.399 e. The monoisotopic (exact) mass is 608 g/mol. The minimum atomic E-state index is -3.94. The summed E-state index contributed by atoms with van der Waals surface area (Å²) in [6.07, 6.45) is 1.95. The average Bonchev–Trinajstić information content (AvgIpc) is 3.62. The fourth-order valence-corrected chi connectivity index (χ4v) is 8.36. The summed E-state index contributed by atoms with van der Waals surface area (Å²) >= 11 is 6.91. The molecule has 6 rings (SSSR count). The number of sulfonamides is 1. The van der Waals surface area contributed by atoms with Crippen molar-refractivity contribution in [2.45, 2.75) is 22.1 Å². The van der Waals surface area contributed by atoms with Crippen LogP contribution in [0.3, 0.4) is 0 Å². The fraction of sp³-hybridized carbons (Fsp3) is 0.143. The van der Waals surface area contributed by atoms with Crippen LogP contribution in [-0.2, 0) is 20.0 Å². The number of nitrogens with zero attached hydrogens (tertiary/aromatic N) is 4. The van der Waals surface area contributed by atoms with E-state index in [1.54, 1.807) is 54.6 Å². The van der Waals surface area contributed by atoms with E-state index in [-0.39, 0.29) is 45.5 Å². The molecular weight excluding hydrogens is 584 g/mol. The summed E-state index contributed by atoms with van der Waals surface area (Å²) in [6, 6.07) is 21.2. The molecule has 210 valence electrons. The Labute approximate surface area is 242 Å². The zero-order chi connectivity index (χ0) is 28.9. The van der Waals surface area contributed by atoms with Crippen molar-refractivity contribution in [1.29, 1.82) is 0 Å². The van der Waals surface area contributed by atoms with Gasteiger partial charge >= 0.3 is 0 Å².